The first kappa shape index (κ1) is 26.5. The summed E-state index contributed by atoms with van der Waals surface area (Å²) in [5.74, 6) is -1.23. The van der Waals surface area contributed by atoms with Crippen molar-refractivity contribution in [3.05, 3.63) is 0 Å². The number of aliphatic hydroxyl groups excluding tert-OH is 2. The van der Waals surface area contributed by atoms with Crippen LogP contribution in [0.1, 0.15) is 106 Å². The van der Waals surface area contributed by atoms with Crippen LogP contribution in [-0.4, -0.2) is 45.6 Å². The highest BCUT2D eigenvalue weighted by Gasteiger charge is 2.74. The Hall–Kier alpha value is -1.14. The lowest BCUT2D eigenvalue weighted by molar-refractivity contribution is -0.258. The van der Waals surface area contributed by atoms with Crippen LogP contribution < -0.4 is 0 Å². The zero-order chi connectivity index (χ0) is 26.7. The topological polar surface area (TPSA) is 104 Å². The number of carboxylic acids is 1. The van der Waals surface area contributed by atoms with Gasteiger partial charge >= 0.3 is 11.9 Å². The number of esters is 1. The number of carbonyl (C=O) groups excluding carboxylic acids is 1. The van der Waals surface area contributed by atoms with Crippen LogP contribution in [0.4, 0.5) is 0 Å². The first-order valence-electron chi connectivity index (χ1n) is 14.2. The summed E-state index contributed by atoms with van der Waals surface area (Å²) in [5.41, 5.74) is -2.54. The van der Waals surface area contributed by atoms with E-state index >= 15 is 0 Å². The predicted octanol–water partition coefficient (Wildman–Crippen LogP) is 5.19. The lowest BCUT2D eigenvalue weighted by atomic mass is 9.35. The van der Waals surface area contributed by atoms with E-state index in [4.69, 9.17) is 4.74 Å². The van der Waals surface area contributed by atoms with Gasteiger partial charge in [-0.05, 0) is 84.9 Å². The molecule has 0 radical (unpaired) electrons. The van der Waals surface area contributed by atoms with Crippen LogP contribution in [0.3, 0.4) is 0 Å². The fraction of sp³-hybridized carbons (Fsp3) is 0.933. The summed E-state index contributed by atoms with van der Waals surface area (Å²) < 4.78 is 6.40. The first-order valence-corrected chi connectivity index (χ1v) is 14.2. The van der Waals surface area contributed by atoms with Gasteiger partial charge in [0.2, 0.25) is 0 Å². The van der Waals surface area contributed by atoms with Crippen LogP contribution in [0.2, 0.25) is 0 Å². The van der Waals surface area contributed by atoms with Crippen molar-refractivity contribution >= 4 is 11.9 Å². The van der Waals surface area contributed by atoms with E-state index in [1.165, 1.54) is 0 Å². The van der Waals surface area contributed by atoms with Crippen LogP contribution in [-0.2, 0) is 14.3 Å². The molecule has 0 aromatic carbocycles. The molecule has 1 saturated heterocycles. The van der Waals surface area contributed by atoms with Gasteiger partial charge in [-0.3, -0.25) is 9.59 Å². The molecule has 0 unspecified atom stereocenters. The SMILES string of the molecule is CC1(C)CC[C@]2(C(=O)O)[C@H](O)C[C@]3(C)[C@H](OC(=O)C[C@@H]4[C@@]5(C)CC[C@H](O)C(C)(C)[C@@H]5CC[C@]43C)[C@@H]2C1. The molecular formula is C30H48O6. The molecule has 0 spiro atoms. The fourth-order valence-corrected chi connectivity index (χ4v) is 10.8. The minimum Gasteiger partial charge on any atom is -0.481 e. The molecule has 0 aromatic heterocycles. The summed E-state index contributed by atoms with van der Waals surface area (Å²) in [7, 11) is 0. The summed E-state index contributed by atoms with van der Waals surface area (Å²) in [6, 6.07) is 0. The van der Waals surface area contributed by atoms with Gasteiger partial charge in [-0.15, -0.1) is 0 Å². The van der Waals surface area contributed by atoms with Crippen LogP contribution in [0, 0.1) is 50.2 Å². The third-order valence-electron chi connectivity index (χ3n) is 13.2. The molecule has 4 saturated carbocycles. The fourth-order valence-electron chi connectivity index (χ4n) is 10.8. The van der Waals surface area contributed by atoms with Crippen molar-refractivity contribution in [2.24, 2.45) is 50.2 Å². The summed E-state index contributed by atoms with van der Waals surface area (Å²) in [6.45, 7) is 15.5. The van der Waals surface area contributed by atoms with E-state index in [-0.39, 0.29) is 39.7 Å². The van der Waals surface area contributed by atoms with Crippen LogP contribution in [0.5, 0.6) is 0 Å². The highest BCUT2D eigenvalue weighted by molar-refractivity contribution is 5.77. The van der Waals surface area contributed by atoms with Crippen molar-refractivity contribution in [3.8, 4) is 0 Å². The van der Waals surface area contributed by atoms with Crippen molar-refractivity contribution < 1.29 is 29.6 Å². The molecule has 10 atom stereocenters. The first-order chi connectivity index (χ1) is 16.5. The molecule has 36 heavy (non-hydrogen) atoms. The number of carboxylic acid groups (broad SMARTS) is 1. The Balaban J connectivity index is 1.65. The zero-order valence-corrected chi connectivity index (χ0v) is 23.4. The predicted molar refractivity (Wildman–Crippen MR) is 136 cm³/mol. The van der Waals surface area contributed by atoms with Crippen molar-refractivity contribution in [3.63, 3.8) is 0 Å². The van der Waals surface area contributed by atoms with E-state index in [1.807, 2.05) is 0 Å². The second kappa shape index (κ2) is 7.71. The highest BCUT2D eigenvalue weighted by Crippen LogP contribution is 2.74. The number of ether oxygens (including phenoxy) is 1. The zero-order valence-electron chi connectivity index (χ0n) is 23.4. The van der Waals surface area contributed by atoms with Crippen molar-refractivity contribution in [2.45, 2.75) is 125 Å². The third kappa shape index (κ3) is 3.15. The Labute approximate surface area is 216 Å². The quantitative estimate of drug-likeness (QED) is 0.425. The van der Waals surface area contributed by atoms with Gasteiger partial charge in [-0.25, -0.2) is 0 Å². The third-order valence-corrected chi connectivity index (χ3v) is 13.2. The number of fused-ring (bicyclic) bond motifs is 7. The normalized spacial score (nSPS) is 53.5. The maximum Gasteiger partial charge on any atom is 0.312 e. The molecule has 5 fully saturated rings. The highest BCUT2D eigenvalue weighted by atomic mass is 16.5. The Morgan fingerprint density at radius 3 is 2.14 bits per heavy atom. The average molecular weight is 505 g/mol. The molecule has 0 bridgehead atoms. The molecule has 3 N–H and O–H groups in total. The summed E-state index contributed by atoms with van der Waals surface area (Å²) in [6.07, 6.45) is 4.05. The van der Waals surface area contributed by atoms with Crippen molar-refractivity contribution in [1.29, 1.82) is 0 Å². The summed E-state index contributed by atoms with van der Waals surface area (Å²) >= 11 is 0. The monoisotopic (exact) mass is 504 g/mol. The van der Waals surface area contributed by atoms with E-state index in [0.29, 0.717) is 31.6 Å². The molecule has 204 valence electrons. The maximum atomic E-state index is 13.6. The standard InChI is InChI=1S/C30H48O6/c1-25(2)12-13-30(24(34)35)17(15-25)23-29(7,16-21(30)32)28(6)11-8-18-26(3,4)20(31)9-10-27(18,5)19(28)14-22(33)36-23/h17-21,23,31-32H,8-16H2,1-7H3,(H,34,35)/t17-,18-,19+,20-,21+,23+,27-,28+,29+,30+/m0/s1. The summed E-state index contributed by atoms with van der Waals surface area (Å²) in [5, 5.41) is 33.2. The van der Waals surface area contributed by atoms with Gasteiger partial charge in [0.05, 0.1) is 17.6 Å². The van der Waals surface area contributed by atoms with E-state index < -0.39 is 34.9 Å². The van der Waals surface area contributed by atoms with Gasteiger partial charge in [0, 0.05) is 17.8 Å². The van der Waals surface area contributed by atoms with E-state index in [9.17, 15) is 24.9 Å². The van der Waals surface area contributed by atoms with Crippen molar-refractivity contribution in [2.75, 3.05) is 0 Å². The van der Waals surface area contributed by atoms with Crippen molar-refractivity contribution in [1.82, 2.24) is 0 Å². The molecule has 4 aliphatic carbocycles. The Morgan fingerprint density at radius 2 is 1.50 bits per heavy atom. The molecule has 6 nitrogen and oxygen atoms in total. The largest absolute Gasteiger partial charge is 0.481 e. The Bertz CT molecular complexity index is 957. The van der Waals surface area contributed by atoms with Gasteiger partial charge < -0.3 is 20.1 Å². The number of hydrogen-bond acceptors (Lipinski definition) is 5. The summed E-state index contributed by atoms with van der Waals surface area (Å²) in [4.78, 5) is 26.5. The lowest BCUT2D eigenvalue weighted by Crippen LogP contribution is -2.69. The number of aliphatic hydroxyl groups is 2. The molecule has 0 amide bonds. The van der Waals surface area contributed by atoms with Gasteiger partial charge in [-0.2, -0.15) is 0 Å². The molecule has 5 aliphatic rings. The van der Waals surface area contributed by atoms with Crippen LogP contribution in [0.25, 0.3) is 0 Å². The maximum absolute atomic E-state index is 13.6. The number of aliphatic carboxylic acids is 1. The number of hydrogen-bond donors (Lipinski definition) is 3. The lowest BCUT2D eigenvalue weighted by Gasteiger charge is -2.69. The molecule has 1 aliphatic heterocycles. The van der Waals surface area contributed by atoms with Gasteiger partial charge in [-0.1, -0.05) is 48.5 Å². The smallest absolute Gasteiger partial charge is 0.312 e. The minimum absolute atomic E-state index is 0.0548. The molecule has 6 heteroatoms. The second-order valence-electron chi connectivity index (χ2n) is 15.5. The van der Waals surface area contributed by atoms with Crippen LogP contribution in [0.15, 0.2) is 0 Å². The molecule has 5 rings (SSSR count). The van der Waals surface area contributed by atoms with Gasteiger partial charge in [0.1, 0.15) is 6.10 Å². The second-order valence-corrected chi connectivity index (χ2v) is 15.5. The number of rotatable bonds is 1. The van der Waals surface area contributed by atoms with Gasteiger partial charge in [0.25, 0.3) is 0 Å². The molecule has 0 aromatic rings. The van der Waals surface area contributed by atoms with E-state index in [1.54, 1.807) is 0 Å². The Kier molecular flexibility index (Phi) is 5.67. The van der Waals surface area contributed by atoms with E-state index in [2.05, 4.69) is 48.5 Å². The molecular weight excluding hydrogens is 456 g/mol. The molecule has 1 heterocycles. The van der Waals surface area contributed by atoms with Gasteiger partial charge in [0.15, 0.2) is 0 Å². The Morgan fingerprint density at radius 1 is 0.833 bits per heavy atom. The van der Waals surface area contributed by atoms with E-state index in [0.717, 1.165) is 32.1 Å². The van der Waals surface area contributed by atoms with Crippen LogP contribution >= 0.6 is 0 Å². The number of carbonyl (C=O) groups is 2. The average Bonchev–Trinajstić information content (AvgIpc) is 2.84. The minimum atomic E-state index is -1.27.